The summed E-state index contributed by atoms with van der Waals surface area (Å²) in [5, 5.41) is 19.5. The first kappa shape index (κ1) is 30.2. The third kappa shape index (κ3) is 8.52. The lowest BCUT2D eigenvalue weighted by atomic mass is 9.94. The third-order valence-corrected chi connectivity index (χ3v) is 6.42. The van der Waals surface area contributed by atoms with Gasteiger partial charge in [-0.15, -0.1) is 12.6 Å². The van der Waals surface area contributed by atoms with Gasteiger partial charge in [0.1, 0.15) is 22.7 Å². The molecular weight excluding hydrogens is 492 g/mol. The first-order valence-corrected chi connectivity index (χ1v) is 13.3. The van der Waals surface area contributed by atoms with Crippen molar-refractivity contribution in [1.82, 2.24) is 0 Å². The van der Waals surface area contributed by atoms with Crippen LogP contribution in [0.4, 0.5) is 0 Å². The minimum atomic E-state index is -0.898. The number of phenols is 1. The molecular formula is C29H38O7S. The van der Waals surface area contributed by atoms with E-state index in [-0.39, 0.29) is 30.3 Å². The van der Waals surface area contributed by atoms with Gasteiger partial charge in [-0.25, -0.2) is 0 Å². The molecule has 0 spiro atoms. The maximum Gasteiger partial charge on any atom is 0.303 e. The number of carboxylic acids is 1. The Hall–Kier alpha value is -3.00. The van der Waals surface area contributed by atoms with E-state index in [0.29, 0.717) is 54.7 Å². The first-order chi connectivity index (χ1) is 17.6. The highest BCUT2D eigenvalue weighted by Crippen LogP contribution is 2.36. The number of ketones is 2. The number of hydrogen-bond donors (Lipinski definition) is 3. The monoisotopic (exact) mass is 530 g/mol. The van der Waals surface area contributed by atoms with Crippen LogP contribution in [-0.2, 0) is 24.1 Å². The molecule has 2 aromatic carbocycles. The molecule has 0 aliphatic heterocycles. The van der Waals surface area contributed by atoms with Gasteiger partial charge >= 0.3 is 5.97 Å². The van der Waals surface area contributed by atoms with Crippen molar-refractivity contribution in [3.8, 4) is 17.2 Å². The number of benzene rings is 2. The van der Waals surface area contributed by atoms with Gasteiger partial charge in [-0.05, 0) is 75.3 Å². The molecule has 0 fully saturated rings. The molecule has 0 radical (unpaired) electrons. The highest BCUT2D eigenvalue weighted by molar-refractivity contribution is 7.80. The van der Waals surface area contributed by atoms with Crippen LogP contribution < -0.4 is 9.47 Å². The van der Waals surface area contributed by atoms with E-state index in [1.165, 1.54) is 13.8 Å². The topological polar surface area (TPSA) is 110 Å². The average molecular weight is 531 g/mol. The van der Waals surface area contributed by atoms with Crippen molar-refractivity contribution in [2.45, 2.75) is 84.5 Å². The largest absolute Gasteiger partial charge is 0.507 e. The number of carboxylic acid groups (broad SMARTS) is 1. The molecule has 1 unspecified atom stereocenters. The minimum Gasteiger partial charge on any atom is -0.507 e. The van der Waals surface area contributed by atoms with Gasteiger partial charge < -0.3 is 19.7 Å². The fraction of sp³-hybridized carbons (Fsp3) is 0.483. The van der Waals surface area contributed by atoms with Crippen molar-refractivity contribution in [2.75, 3.05) is 6.61 Å². The number of aromatic hydroxyl groups is 1. The van der Waals surface area contributed by atoms with Gasteiger partial charge in [0.25, 0.3) is 0 Å². The lowest BCUT2D eigenvalue weighted by Gasteiger charge is -2.21. The van der Waals surface area contributed by atoms with Gasteiger partial charge in [0.2, 0.25) is 0 Å². The van der Waals surface area contributed by atoms with E-state index in [1.54, 1.807) is 18.2 Å². The van der Waals surface area contributed by atoms with Crippen molar-refractivity contribution in [3.63, 3.8) is 0 Å². The third-order valence-electron chi connectivity index (χ3n) is 6.06. The summed E-state index contributed by atoms with van der Waals surface area (Å²) in [6.07, 6.45) is 4.37. The highest BCUT2D eigenvalue weighted by atomic mass is 32.1. The van der Waals surface area contributed by atoms with E-state index in [0.717, 1.165) is 29.5 Å². The summed E-state index contributed by atoms with van der Waals surface area (Å²) < 4.78 is 12.1. The molecule has 0 saturated heterocycles. The fourth-order valence-corrected chi connectivity index (χ4v) is 4.50. The average Bonchev–Trinajstić information content (AvgIpc) is 2.83. The molecule has 202 valence electrons. The van der Waals surface area contributed by atoms with Crippen LogP contribution in [0.1, 0.15) is 97.2 Å². The van der Waals surface area contributed by atoms with Crippen LogP contribution in [0.25, 0.3) is 0 Å². The smallest absolute Gasteiger partial charge is 0.303 e. The molecule has 0 aromatic heterocycles. The van der Waals surface area contributed by atoms with Crippen molar-refractivity contribution >= 4 is 30.2 Å². The number of Topliss-reactive ketones (excluding diaryl/α,β-unsaturated/α-hetero) is 2. The number of ether oxygens (including phenoxy) is 2. The van der Waals surface area contributed by atoms with Gasteiger partial charge in [-0.2, -0.15) is 0 Å². The van der Waals surface area contributed by atoms with Gasteiger partial charge in [0.15, 0.2) is 11.6 Å². The molecule has 37 heavy (non-hydrogen) atoms. The number of carbonyl (C=O) groups excluding carboxylic acids is 2. The van der Waals surface area contributed by atoms with Crippen LogP contribution in [0.3, 0.4) is 0 Å². The fourth-order valence-electron chi connectivity index (χ4n) is 4.26. The summed E-state index contributed by atoms with van der Waals surface area (Å²) >= 11 is 4.65. The maximum absolute atomic E-state index is 12.3. The molecule has 1 atom stereocenters. The Morgan fingerprint density at radius 1 is 0.919 bits per heavy atom. The number of aliphatic carboxylic acids is 1. The lowest BCUT2D eigenvalue weighted by Crippen LogP contribution is -2.14. The summed E-state index contributed by atoms with van der Waals surface area (Å²) in [4.78, 5) is 35.0. The van der Waals surface area contributed by atoms with E-state index >= 15 is 0 Å². The number of rotatable bonds is 16. The number of phenolic OH excluding ortho intramolecular Hbond substituents is 1. The summed E-state index contributed by atoms with van der Waals surface area (Å²) in [7, 11) is 0. The zero-order valence-electron chi connectivity index (χ0n) is 22.1. The van der Waals surface area contributed by atoms with E-state index < -0.39 is 11.4 Å². The number of hydrogen-bond acceptors (Lipinski definition) is 7. The Morgan fingerprint density at radius 3 is 2.14 bits per heavy atom. The predicted molar refractivity (Wildman–Crippen MR) is 147 cm³/mol. The SMILES string of the molecule is CCCc1c(CCC(S)Oc2ccc(C(C)=O)c(OCCCC(=O)O)c2CCC)ccc(C(C)=O)c1O. The zero-order chi connectivity index (χ0) is 27.5. The summed E-state index contributed by atoms with van der Waals surface area (Å²) in [6.45, 7) is 7.13. The second kappa shape index (κ2) is 14.7. The zero-order valence-corrected chi connectivity index (χ0v) is 23.0. The van der Waals surface area contributed by atoms with Crippen molar-refractivity contribution in [1.29, 1.82) is 0 Å². The number of thiol groups is 1. The van der Waals surface area contributed by atoms with Crippen molar-refractivity contribution < 1.29 is 34.1 Å². The summed E-state index contributed by atoms with van der Waals surface area (Å²) in [5.41, 5.74) is 2.80. The first-order valence-electron chi connectivity index (χ1n) is 12.8. The molecule has 0 heterocycles. The Bertz CT molecular complexity index is 1110. The van der Waals surface area contributed by atoms with E-state index in [9.17, 15) is 19.5 Å². The standard InChI is InChI=1S/C29H38O7S/c1-5-8-23-20(11-13-21(18(3)30)28(23)34)12-16-27(37)36-25-15-14-22(19(4)31)29(24(25)9-6-2)35-17-7-10-26(32)33/h11,13-15,27,34,37H,5-10,12,16-17H2,1-4H3,(H,32,33). The van der Waals surface area contributed by atoms with Gasteiger partial charge in [-0.1, -0.05) is 32.8 Å². The van der Waals surface area contributed by atoms with Crippen LogP contribution in [0, 0.1) is 0 Å². The van der Waals surface area contributed by atoms with Crippen LogP contribution in [0.15, 0.2) is 24.3 Å². The molecule has 2 N–H and O–H groups in total. The lowest BCUT2D eigenvalue weighted by molar-refractivity contribution is -0.137. The summed E-state index contributed by atoms with van der Waals surface area (Å²) in [5.74, 6) is -0.146. The summed E-state index contributed by atoms with van der Waals surface area (Å²) in [6, 6.07) is 6.97. The Balaban J connectivity index is 2.25. The van der Waals surface area contributed by atoms with E-state index in [1.807, 2.05) is 19.9 Å². The molecule has 0 aliphatic carbocycles. The predicted octanol–water partition coefficient (Wildman–Crippen LogP) is 6.21. The molecule has 2 aromatic rings. The van der Waals surface area contributed by atoms with Crippen LogP contribution in [-0.4, -0.2) is 39.8 Å². The normalized spacial score (nSPS) is 11.7. The van der Waals surface area contributed by atoms with Gasteiger partial charge in [-0.3, -0.25) is 14.4 Å². The van der Waals surface area contributed by atoms with E-state index in [2.05, 4.69) is 12.6 Å². The number of aryl methyl sites for hydroxylation is 1. The molecule has 0 saturated carbocycles. The Kier molecular flexibility index (Phi) is 12.0. The van der Waals surface area contributed by atoms with E-state index in [4.69, 9.17) is 14.6 Å². The molecule has 0 amide bonds. The Morgan fingerprint density at radius 2 is 1.54 bits per heavy atom. The van der Waals surface area contributed by atoms with Gasteiger partial charge in [0, 0.05) is 12.0 Å². The molecule has 7 nitrogen and oxygen atoms in total. The molecule has 2 rings (SSSR count). The van der Waals surface area contributed by atoms with Crippen LogP contribution in [0.2, 0.25) is 0 Å². The second-order valence-electron chi connectivity index (χ2n) is 9.09. The molecule has 0 aliphatic rings. The van der Waals surface area contributed by atoms with Crippen molar-refractivity contribution in [2.24, 2.45) is 0 Å². The minimum absolute atomic E-state index is 0.0175. The highest BCUT2D eigenvalue weighted by Gasteiger charge is 2.21. The molecule has 8 heteroatoms. The molecule has 0 bridgehead atoms. The van der Waals surface area contributed by atoms with Crippen molar-refractivity contribution in [3.05, 3.63) is 52.1 Å². The number of carbonyl (C=O) groups is 3. The maximum atomic E-state index is 12.3. The van der Waals surface area contributed by atoms with Gasteiger partial charge in [0.05, 0.1) is 17.7 Å². The second-order valence-corrected chi connectivity index (χ2v) is 9.66. The Labute approximate surface area is 224 Å². The van der Waals surface area contributed by atoms with Crippen LogP contribution >= 0.6 is 12.6 Å². The quantitative estimate of drug-likeness (QED) is 0.102. The van der Waals surface area contributed by atoms with Crippen LogP contribution in [0.5, 0.6) is 17.2 Å².